The van der Waals surface area contributed by atoms with Gasteiger partial charge in [0.25, 0.3) is 0 Å². The second-order valence-corrected chi connectivity index (χ2v) is 3.96. The molecule has 1 unspecified atom stereocenters. The van der Waals surface area contributed by atoms with E-state index in [4.69, 9.17) is 10.00 Å². The fourth-order valence-corrected chi connectivity index (χ4v) is 1.39. The highest BCUT2D eigenvalue weighted by molar-refractivity contribution is 5.36. The van der Waals surface area contributed by atoms with E-state index < -0.39 is 6.10 Å². The molecule has 0 bridgehead atoms. The van der Waals surface area contributed by atoms with Crippen molar-refractivity contribution < 1.29 is 9.84 Å². The third-order valence-corrected chi connectivity index (χ3v) is 2.47. The maximum absolute atomic E-state index is 9.71. The normalized spacial score (nSPS) is 12.2. The number of hydrogen-bond acceptors (Lipinski definition) is 4. The van der Waals surface area contributed by atoms with Crippen LogP contribution in [0.3, 0.4) is 0 Å². The summed E-state index contributed by atoms with van der Waals surface area (Å²) in [6, 6.07) is 8.96. The van der Waals surface area contributed by atoms with Crippen molar-refractivity contribution in [3.8, 4) is 11.8 Å². The third-order valence-electron chi connectivity index (χ3n) is 2.47. The van der Waals surface area contributed by atoms with Crippen LogP contribution in [0.25, 0.3) is 0 Å². The SMILES string of the molecule is CCN(C)CC(O)COc1cccc(C#N)c1. The summed E-state index contributed by atoms with van der Waals surface area (Å²) in [7, 11) is 1.94. The highest BCUT2D eigenvalue weighted by atomic mass is 16.5. The topological polar surface area (TPSA) is 56.5 Å². The molecule has 0 saturated carbocycles. The van der Waals surface area contributed by atoms with Crippen molar-refractivity contribution in [1.82, 2.24) is 4.90 Å². The molecule has 0 aliphatic rings. The molecule has 1 atom stereocenters. The zero-order valence-corrected chi connectivity index (χ0v) is 10.3. The van der Waals surface area contributed by atoms with Crippen molar-refractivity contribution in [2.45, 2.75) is 13.0 Å². The lowest BCUT2D eigenvalue weighted by molar-refractivity contribution is 0.0778. The van der Waals surface area contributed by atoms with Crippen LogP contribution < -0.4 is 4.74 Å². The summed E-state index contributed by atoms with van der Waals surface area (Å²) in [5, 5.41) is 18.4. The zero-order chi connectivity index (χ0) is 12.7. The fourth-order valence-electron chi connectivity index (χ4n) is 1.39. The molecule has 0 amide bonds. The van der Waals surface area contributed by atoms with Gasteiger partial charge in [0.2, 0.25) is 0 Å². The molecule has 0 aliphatic heterocycles. The second kappa shape index (κ2) is 6.89. The average Bonchev–Trinajstić information content (AvgIpc) is 2.36. The number of aliphatic hydroxyl groups excluding tert-OH is 1. The Kier molecular flexibility index (Phi) is 5.47. The number of hydrogen-bond donors (Lipinski definition) is 1. The third kappa shape index (κ3) is 4.85. The van der Waals surface area contributed by atoms with E-state index in [1.54, 1.807) is 24.3 Å². The van der Waals surface area contributed by atoms with E-state index in [0.29, 0.717) is 17.9 Å². The van der Waals surface area contributed by atoms with Gasteiger partial charge in [-0.1, -0.05) is 13.0 Å². The first-order chi connectivity index (χ1) is 8.15. The molecule has 17 heavy (non-hydrogen) atoms. The van der Waals surface area contributed by atoms with Gasteiger partial charge in [-0.3, -0.25) is 0 Å². The number of nitrogens with zero attached hydrogens (tertiary/aromatic N) is 2. The van der Waals surface area contributed by atoms with Crippen LogP contribution in [0.1, 0.15) is 12.5 Å². The molecule has 0 heterocycles. The van der Waals surface area contributed by atoms with Crippen molar-refractivity contribution >= 4 is 0 Å². The molecule has 4 nitrogen and oxygen atoms in total. The molecule has 0 aliphatic carbocycles. The molecule has 92 valence electrons. The largest absolute Gasteiger partial charge is 0.491 e. The summed E-state index contributed by atoms with van der Waals surface area (Å²) in [5.74, 6) is 0.613. The first-order valence-corrected chi connectivity index (χ1v) is 5.65. The Morgan fingerprint density at radius 3 is 2.94 bits per heavy atom. The van der Waals surface area contributed by atoms with E-state index in [9.17, 15) is 5.11 Å². The minimum absolute atomic E-state index is 0.235. The Balaban J connectivity index is 2.42. The smallest absolute Gasteiger partial charge is 0.120 e. The van der Waals surface area contributed by atoms with Crippen LogP contribution in [0.2, 0.25) is 0 Å². The molecule has 0 aromatic heterocycles. The molecule has 0 saturated heterocycles. The van der Waals surface area contributed by atoms with Crippen LogP contribution in [-0.2, 0) is 0 Å². The van der Waals surface area contributed by atoms with E-state index in [-0.39, 0.29) is 6.61 Å². The van der Waals surface area contributed by atoms with Crippen LogP contribution in [0, 0.1) is 11.3 Å². The Labute approximate surface area is 102 Å². The summed E-state index contributed by atoms with van der Waals surface area (Å²) < 4.78 is 5.43. The van der Waals surface area contributed by atoms with Gasteiger partial charge in [0, 0.05) is 6.54 Å². The van der Waals surface area contributed by atoms with Gasteiger partial charge in [0.05, 0.1) is 11.6 Å². The first kappa shape index (κ1) is 13.5. The lowest BCUT2D eigenvalue weighted by atomic mass is 10.2. The van der Waals surface area contributed by atoms with E-state index in [0.717, 1.165) is 6.54 Å². The van der Waals surface area contributed by atoms with E-state index in [1.165, 1.54) is 0 Å². The second-order valence-electron chi connectivity index (χ2n) is 3.96. The minimum Gasteiger partial charge on any atom is -0.491 e. The molecule has 1 N–H and O–H groups in total. The minimum atomic E-state index is -0.523. The molecule has 1 aromatic carbocycles. The van der Waals surface area contributed by atoms with Gasteiger partial charge in [-0.05, 0) is 31.8 Å². The van der Waals surface area contributed by atoms with Crippen LogP contribution in [0.5, 0.6) is 5.75 Å². The Morgan fingerprint density at radius 1 is 1.53 bits per heavy atom. The highest BCUT2D eigenvalue weighted by Crippen LogP contribution is 2.12. The molecule has 0 radical (unpaired) electrons. The Bertz CT molecular complexity index is 387. The predicted molar refractivity (Wildman–Crippen MR) is 65.8 cm³/mol. The first-order valence-electron chi connectivity index (χ1n) is 5.65. The quantitative estimate of drug-likeness (QED) is 0.805. The number of rotatable bonds is 6. The number of nitriles is 1. The van der Waals surface area contributed by atoms with Crippen molar-refractivity contribution in [3.05, 3.63) is 29.8 Å². The highest BCUT2D eigenvalue weighted by Gasteiger charge is 2.07. The lowest BCUT2D eigenvalue weighted by Crippen LogP contribution is -2.32. The van der Waals surface area contributed by atoms with Gasteiger partial charge in [-0.15, -0.1) is 0 Å². The number of ether oxygens (including phenoxy) is 1. The summed E-state index contributed by atoms with van der Waals surface area (Å²) >= 11 is 0. The maximum atomic E-state index is 9.71. The summed E-state index contributed by atoms with van der Waals surface area (Å²) in [6.07, 6.45) is -0.523. The molecule has 1 aromatic rings. The van der Waals surface area contributed by atoms with Gasteiger partial charge in [-0.2, -0.15) is 5.26 Å². The number of aliphatic hydroxyl groups is 1. The number of likely N-dealkylation sites (N-methyl/N-ethyl adjacent to an activating group) is 1. The van der Waals surface area contributed by atoms with Gasteiger partial charge in [0.15, 0.2) is 0 Å². The molecule has 0 fully saturated rings. The van der Waals surface area contributed by atoms with E-state index in [2.05, 4.69) is 0 Å². The lowest BCUT2D eigenvalue weighted by Gasteiger charge is -2.19. The molecule has 4 heteroatoms. The molecular formula is C13H18N2O2. The van der Waals surface area contributed by atoms with Gasteiger partial charge in [0.1, 0.15) is 18.5 Å². The van der Waals surface area contributed by atoms with Gasteiger partial charge < -0.3 is 14.7 Å². The monoisotopic (exact) mass is 234 g/mol. The van der Waals surface area contributed by atoms with Crippen molar-refractivity contribution in [2.24, 2.45) is 0 Å². The van der Waals surface area contributed by atoms with Crippen molar-refractivity contribution in [1.29, 1.82) is 5.26 Å². The van der Waals surface area contributed by atoms with E-state index in [1.807, 2.05) is 24.9 Å². The summed E-state index contributed by atoms with van der Waals surface area (Å²) in [4.78, 5) is 2.01. The fraction of sp³-hybridized carbons (Fsp3) is 0.462. The standard InChI is InChI=1S/C13H18N2O2/c1-3-15(2)9-12(16)10-17-13-6-4-5-11(7-13)8-14/h4-7,12,16H,3,9-10H2,1-2H3. The number of benzene rings is 1. The molecule has 0 spiro atoms. The Morgan fingerprint density at radius 2 is 2.29 bits per heavy atom. The van der Waals surface area contributed by atoms with E-state index >= 15 is 0 Å². The van der Waals surface area contributed by atoms with Crippen LogP contribution in [0.4, 0.5) is 0 Å². The van der Waals surface area contributed by atoms with Crippen molar-refractivity contribution in [3.63, 3.8) is 0 Å². The van der Waals surface area contributed by atoms with Gasteiger partial charge >= 0.3 is 0 Å². The maximum Gasteiger partial charge on any atom is 0.120 e. The van der Waals surface area contributed by atoms with Gasteiger partial charge in [-0.25, -0.2) is 0 Å². The Hall–Kier alpha value is -1.57. The van der Waals surface area contributed by atoms with Crippen molar-refractivity contribution in [2.75, 3.05) is 26.7 Å². The zero-order valence-electron chi connectivity index (χ0n) is 10.3. The summed E-state index contributed by atoms with van der Waals surface area (Å²) in [6.45, 7) is 3.73. The van der Waals surface area contributed by atoms with Crippen LogP contribution >= 0.6 is 0 Å². The average molecular weight is 234 g/mol. The predicted octanol–water partition coefficient (Wildman–Crippen LogP) is 1.25. The molecule has 1 rings (SSSR count). The van der Waals surface area contributed by atoms with Crippen LogP contribution in [0.15, 0.2) is 24.3 Å². The summed E-state index contributed by atoms with van der Waals surface area (Å²) in [5.41, 5.74) is 0.558. The molecular weight excluding hydrogens is 216 g/mol. The van der Waals surface area contributed by atoms with Crippen LogP contribution in [-0.4, -0.2) is 42.9 Å².